The lowest BCUT2D eigenvalue weighted by atomic mass is 10.1. The monoisotopic (exact) mass is 231 g/mol. The standard InChI is InChI=1S/C13H13NO3/c1-10(17-13(15)16)4-2-5-11-6-3-7-12(8-11)9-14/h2-3,5-8,10H,4H2,1H3,(H,15,16)/b5-2+. The molecule has 0 amide bonds. The van der Waals surface area contributed by atoms with E-state index < -0.39 is 6.16 Å². The largest absolute Gasteiger partial charge is 0.506 e. The van der Waals surface area contributed by atoms with Gasteiger partial charge in [-0.15, -0.1) is 0 Å². The summed E-state index contributed by atoms with van der Waals surface area (Å²) in [6, 6.07) is 9.23. The number of hydrogen-bond acceptors (Lipinski definition) is 3. The molecule has 0 aromatic heterocycles. The molecule has 1 unspecified atom stereocenters. The van der Waals surface area contributed by atoms with Crippen molar-refractivity contribution in [1.29, 1.82) is 5.26 Å². The molecule has 1 aromatic rings. The zero-order valence-electron chi connectivity index (χ0n) is 9.46. The Morgan fingerprint density at radius 2 is 2.41 bits per heavy atom. The van der Waals surface area contributed by atoms with E-state index in [0.717, 1.165) is 5.56 Å². The lowest BCUT2D eigenvalue weighted by Gasteiger charge is -2.06. The number of carbonyl (C=O) groups is 1. The molecule has 1 aromatic carbocycles. The Kier molecular flexibility index (Phi) is 4.77. The van der Waals surface area contributed by atoms with Gasteiger partial charge in [0.15, 0.2) is 0 Å². The highest BCUT2D eigenvalue weighted by Gasteiger charge is 2.04. The molecule has 4 heteroatoms. The van der Waals surface area contributed by atoms with Crippen molar-refractivity contribution in [2.75, 3.05) is 0 Å². The lowest BCUT2D eigenvalue weighted by Crippen LogP contribution is -2.11. The van der Waals surface area contributed by atoms with E-state index in [0.29, 0.717) is 12.0 Å². The molecule has 0 heterocycles. The van der Waals surface area contributed by atoms with E-state index in [4.69, 9.17) is 10.4 Å². The molecule has 0 bridgehead atoms. The molecule has 1 rings (SSSR count). The van der Waals surface area contributed by atoms with Gasteiger partial charge in [-0.2, -0.15) is 5.26 Å². The molecule has 0 aliphatic carbocycles. The van der Waals surface area contributed by atoms with Crippen LogP contribution in [-0.2, 0) is 4.74 Å². The summed E-state index contributed by atoms with van der Waals surface area (Å²) >= 11 is 0. The molecule has 0 saturated carbocycles. The molecule has 0 fully saturated rings. The fourth-order valence-electron chi connectivity index (χ4n) is 1.33. The quantitative estimate of drug-likeness (QED) is 0.808. The number of benzene rings is 1. The van der Waals surface area contributed by atoms with Crippen LogP contribution in [0.25, 0.3) is 6.08 Å². The normalized spacial score (nSPS) is 12.0. The Morgan fingerprint density at radius 1 is 1.65 bits per heavy atom. The molecule has 0 saturated heterocycles. The molecule has 0 spiro atoms. The summed E-state index contributed by atoms with van der Waals surface area (Å²) in [5, 5.41) is 17.1. The van der Waals surface area contributed by atoms with Gasteiger partial charge in [-0.1, -0.05) is 24.3 Å². The predicted molar refractivity (Wildman–Crippen MR) is 63.4 cm³/mol. The van der Waals surface area contributed by atoms with Crippen molar-refractivity contribution in [3.63, 3.8) is 0 Å². The first kappa shape index (κ1) is 12.8. The number of ether oxygens (including phenoxy) is 1. The van der Waals surface area contributed by atoms with Gasteiger partial charge >= 0.3 is 6.16 Å². The van der Waals surface area contributed by atoms with Gasteiger partial charge in [-0.05, 0) is 24.6 Å². The third-order valence-electron chi connectivity index (χ3n) is 2.10. The van der Waals surface area contributed by atoms with Crippen LogP contribution in [0.15, 0.2) is 30.3 Å². The van der Waals surface area contributed by atoms with Crippen LogP contribution < -0.4 is 0 Å². The maximum atomic E-state index is 10.2. The van der Waals surface area contributed by atoms with Crippen molar-refractivity contribution < 1.29 is 14.6 Å². The Hall–Kier alpha value is -2.28. The Balaban J connectivity index is 2.53. The second-order valence-electron chi connectivity index (χ2n) is 3.57. The van der Waals surface area contributed by atoms with Crippen molar-refractivity contribution >= 4 is 12.2 Å². The number of rotatable bonds is 4. The molecular weight excluding hydrogens is 218 g/mol. The Bertz CT molecular complexity index is 460. The van der Waals surface area contributed by atoms with E-state index >= 15 is 0 Å². The van der Waals surface area contributed by atoms with Gasteiger partial charge in [-0.25, -0.2) is 4.79 Å². The van der Waals surface area contributed by atoms with Crippen molar-refractivity contribution in [3.05, 3.63) is 41.5 Å². The molecule has 0 aliphatic heterocycles. The first-order chi connectivity index (χ1) is 8.11. The van der Waals surface area contributed by atoms with Gasteiger partial charge in [0.1, 0.15) is 6.10 Å². The summed E-state index contributed by atoms with van der Waals surface area (Å²) in [4.78, 5) is 10.2. The van der Waals surface area contributed by atoms with Crippen LogP contribution in [0.1, 0.15) is 24.5 Å². The molecule has 4 nitrogen and oxygen atoms in total. The molecule has 0 radical (unpaired) electrons. The van der Waals surface area contributed by atoms with Crippen molar-refractivity contribution in [2.45, 2.75) is 19.4 Å². The van der Waals surface area contributed by atoms with Crippen LogP contribution in [0.5, 0.6) is 0 Å². The number of nitriles is 1. The van der Waals surface area contributed by atoms with E-state index in [9.17, 15) is 4.79 Å². The predicted octanol–water partition coefficient (Wildman–Crippen LogP) is 3.04. The molecular formula is C13H13NO3. The van der Waals surface area contributed by atoms with Gasteiger partial charge in [0, 0.05) is 6.42 Å². The minimum Gasteiger partial charge on any atom is -0.450 e. The fraction of sp³-hybridized carbons (Fsp3) is 0.231. The summed E-state index contributed by atoms with van der Waals surface area (Å²) in [7, 11) is 0. The summed E-state index contributed by atoms with van der Waals surface area (Å²) in [5.41, 5.74) is 1.51. The second-order valence-corrected chi connectivity index (χ2v) is 3.57. The Morgan fingerprint density at radius 3 is 3.06 bits per heavy atom. The first-order valence-electron chi connectivity index (χ1n) is 5.18. The summed E-state index contributed by atoms with van der Waals surface area (Å²) < 4.78 is 4.55. The third-order valence-corrected chi connectivity index (χ3v) is 2.10. The average molecular weight is 231 g/mol. The molecule has 0 aliphatic rings. The van der Waals surface area contributed by atoms with E-state index in [-0.39, 0.29) is 6.10 Å². The minimum atomic E-state index is -1.27. The van der Waals surface area contributed by atoms with Crippen LogP contribution in [0.4, 0.5) is 4.79 Å². The van der Waals surface area contributed by atoms with Crippen LogP contribution in [0, 0.1) is 11.3 Å². The van der Waals surface area contributed by atoms with E-state index in [1.54, 1.807) is 25.1 Å². The average Bonchev–Trinajstić information content (AvgIpc) is 2.28. The Labute approximate surface area is 99.8 Å². The summed E-state index contributed by atoms with van der Waals surface area (Å²) in [6.07, 6.45) is 2.52. The van der Waals surface area contributed by atoms with Crippen LogP contribution in [0.3, 0.4) is 0 Å². The highest BCUT2D eigenvalue weighted by atomic mass is 16.7. The first-order valence-corrected chi connectivity index (χ1v) is 5.18. The van der Waals surface area contributed by atoms with Crippen molar-refractivity contribution in [3.8, 4) is 6.07 Å². The van der Waals surface area contributed by atoms with Crippen molar-refractivity contribution in [1.82, 2.24) is 0 Å². The zero-order chi connectivity index (χ0) is 12.7. The smallest absolute Gasteiger partial charge is 0.450 e. The molecule has 17 heavy (non-hydrogen) atoms. The lowest BCUT2D eigenvalue weighted by molar-refractivity contribution is 0.0603. The molecule has 1 N–H and O–H groups in total. The topological polar surface area (TPSA) is 70.3 Å². The molecule has 88 valence electrons. The number of carboxylic acid groups (broad SMARTS) is 1. The SMILES string of the molecule is CC(C/C=C/c1cccc(C#N)c1)OC(=O)O. The van der Waals surface area contributed by atoms with E-state index in [1.165, 1.54) is 0 Å². The van der Waals surface area contributed by atoms with Gasteiger partial charge in [-0.3, -0.25) is 0 Å². The van der Waals surface area contributed by atoms with Crippen LogP contribution in [0.2, 0.25) is 0 Å². The maximum absolute atomic E-state index is 10.2. The third kappa shape index (κ3) is 4.85. The summed E-state index contributed by atoms with van der Waals surface area (Å²) in [5.74, 6) is 0. The maximum Gasteiger partial charge on any atom is 0.506 e. The van der Waals surface area contributed by atoms with Gasteiger partial charge in [0.05, 0.1) is 11.6 Å². The zero-order valence-corrected chi connectivity index (χ0v) is 9.46. The van der Waals surface area contributed by atoms with Crippen molar-refractivity contribution in [2.24, 2.45) is 0 Å². The minimum absolute atomic E-state index is 0.372. The highest BCUT2D eigenvalue weighted by molar-refractivity contribution is 5.57. The highest BCUT2D eigenvalue weighted by Crippen LogP contribution is 2.08. The number of nitrogens with zero attached hydrogens (tertiary/aromatic N) is 1. The molecule has 1 atom stereocenters. The van der Waals surface area contributed by atoms with E-state index in [2.05, 4.69) is 10.8 Å². The second kappa shape index (κ2) is 6.33. The number of hydrogen-bond donors (Lipinski definition) is 1. The van der Waals surface area contributed by atoms with Gasteiger partial charge in [0.2, 0.25) is 0 Å². The van der Waals surface area contributed by atoms with Crippen LogP contribution in [-0.4, -0.2) is 17.4 Å². The van der Waals surface area contributed by atoms with Gasteiger partial charge < -0.3 is 9.84 Å². The van der Waals surface area contributed by atoms with Gasteiger partial charge in [0.25, 0.3) is 0 Å². The summed E-state index contributed by atoms with van der Waals surface area (Å²) in [6.45, 7) is 1.68. The van der Waals surface area contributed by atoms with E-state index in [1.807, 2.05) is 18.2 Å². The fourth-order valence-corrected chi connectivity index (χ4v) is 1.33. The van der Waals surface area contributed by atoms with Crippen LogP contribution >= 0.6 is 0 Å².